The van der Waals surface area contributed by atoms with Gasteiger partial charge in [-0.3, -0.25) is 4.79 Å². The van der Waals surface area contributed by atoms with Crippen molar-refractivity contribution < 1.29 is 26.7 Å². The highest BCUT2D eigenvalue weighted by molar-refractivity contribution is 7.89. The number of hydrogen-bond acceptors (Lipinski definition) is 4. The smallest absolute Gasteiger partial charge is 0.307 e. The summed E-state index contributed by atoms with van der Waals surface area (Å²) in [6.07, 6.45) is -0.295. The Morgan fingerprint density at radius 2 is 1.83 bits per heavy atom. The van der Waals surface area contributed by atoms with Crippen molar-refractivity contribution >= 4 is 16.0 Å². The summed E-state index contributed by atoms with van der Waals surface area (Å²) in [5.74, 6) is -2.62. The molecular formula is C16H15F2NO4S. The highest BCUT2D eigenvalue weighted by atomic mass is 32.2. The quantitative estimate of drug-likeness (QED) is 0.809. The summed E-state index contributed by atoms with van der Waals surface area (Å²) >= 11 is 0. The average Bonchev–Trinajstić information content (AvgIpc) is 2.56. The zero-order valence-electron chi connectivity index (χ0n) is 12.7. The highest BCUT2D eigenvalue weighted by Crippen LogP contribution is 2.22. The molecule has 0 saturated heterocycles. The minimum atomic E-state index is -4.39. The maximum atomic E-state index is 13.8. The Kier molecular flexibility index (Phi) is 5.63. The van der Waals surface area contributed by atoms with Crippen LogP contribution in [0.15, 0.2) is 53.4 Å². The van der Waals surface area contributed by atoms with Crippen LogP contribution in [0.3, 0.4) is 0 Å². The number of halogens is 2. The lowest BCUT2D eigenvalue weighted by Gasteiger charge is -2.18. The highest BCUT2D eigenvalue weighted by Gasteiger charge is 2.26. The number of nitrogens with one attached hydrogen (secondary N) is 1. The van der Waals surface area contributed by atoms with Crippen LogP contribution in [-0.2, 0) is 19.6 Å². The molecule has 2 aromatic carbocycles. The van der Waals surface area contributed by atoms with Gasteiger partial charge in [0.05, 0.1) is 19.6 Å². The van der Waals surface area contributed by atoms with Gasteiger partial charge in [-0.25, -0.2) is 21.9 Å². The van der Waals surface area contributed by atoms with E-state index in [-0.39, 0.29) is 6.42 Å². The molecule has 1 unspecified atom stereocenters. The maximum absolute atomic E-state index is 13.8. The second-order valence-corrected chi connectivity index (χ2v) is 6.62. The van der Waals surface area contributed by atoms with Gasteiger partial charge in [0, 0.05) is 0 Å². The lowest BCUT2D eigenvalue weighted by Crippen LogP contribution is -2.31. The molecule has 0 heterocycles. The maximum Gasteiger partial charge on any atom is 0.307 e. The summed E-state index contributed by atoms with van der Waals surface area (Å²) in [5.41, 5.74) is 0.489. The monoisotopic (exact) mass is 355 g/mol. The molecule has 1 atom stereocenters. The van der Waals surface area contributed by atoms with E-state index in [4.69, 9.17) is 0 Å². The van der Waals surface area contributed by atoms with Crippen LogP contribution in [0.1, 0.15) is 18.0 Å². The molecule has 8 heteroatoms. The Labute approximate surface area is 138 Å². The molecule has 1 N–H and O–H groups in total. The van der Waals surface area contributed by atoms with Crippen LogP contribution < -0.4 is 4.72 Å². The first kappa shape index (κ1) is 18.0. The molecule has 0 fully saturated rings. The van der Waals surface area contributed by atoms with Gasteiger partial charge < -0.3 is 4.74 Å². The fourth-order valence-corrected chi connectivity index (χ4v) is 3.41. The van der Waals surface area contributed by atoms with Gasteiger partial charge in [0.15, 0.2) is 0 Å². The number of carbonyl (C=O) groups is 1. The van der Waals surface area contributed by atoms with Crippen molar-refractivity contribution in [3.05, 3.63) is 65.7 Å². The van der Waals surface area contributed by atoms with Crippen molar-refractivity contribution in [2.75, 3.05) is 7.11 Å². The van der Waals surface area contributed by atoms with Crippen LogP contribution in [0.25, 0.3) is 0 Å². The summed E-state index contributed by atoms with van der Waals surface area (Å²) in [6, 6.07) is 9.41. The summed E-state index contributed by atoms with van der Waals surface area (Å²) < 4.78 is 58.6. The molecule has 0 spiro atoms. The first-order valence-electron chi connectivity index (χ1n) is 6.92. The van der Waals surface area contributed by atoms with E-state index in [0.29, 0.717) is 11.6 Å². The third-order valence-electron chi connectivity index (χ3n) is 3.28. The van der Waals surface area contributed by atoms with Gasteiger partial charge in [0.1, 0.15) is 16.5 Å². The Balaban J connectivity index is 2.37. The van der Waals surface area contributed by atoms with E-state index in [1.165, 1.54) is 7.11 Å². The third kappa shape index (κ3) is 4.36. The van der Waals surface area contributed by atoms with Crippen molar-refractivity contribution in [1.82, 2.24) is 4.72 Å². The number of methoxy groups -OCH3 is 1. The standard InChI is InChI=1S/C16H15F2NO4S/c1-23-16(20)10-14(11-5-3-2-4-6-11)19-24(21,22)15-9-12(17)7-8-13(15)18/h2-9,14,19H,10H2,1H3. The molecule has 2 aromatic rings. The van der Waals surface area contributed by atoms with Crippen LogP contribution in [0.2, 0.25) is 0 Å². The van der Waals surface area contributed by atoms with Crippen molar-refractivity contribution in [3.63, 3.8) is 0 Å². The Hall–Kier alpha value is -2.32. The molecule has 0 aliphatic rings. The molecule has 0 amide bonds. The number of hydrogen-bond donors (Lipinski definition) is 1. The van der Waals surface area contributed by atoms with E-state index in [0.717, 1.165) is 12.1 Å². The van der Waals surface area contributed by atoms with Crippen molar-refractivity contribution in [2.24, 2.45) is 0 Å². The first-order chi connectivity index (χ1) is 11.3. The molecule has 24 heavy (non-hydrogen) atoms. The minimum absolute atomic E-state index is 0.295. The van der Waals surface area contributed by atoms with Gasteiger partial charge >= 0.3 is 5.97 Å². The second-order valence-electron chi connectivity index (χ2n) is 4.94. The Morgan fingerprint density at radius 1 is 1.17 bits per heavy atom. The average molecular weight is 355 g/mol. The summed E-state index contributed by atoms with van der Waals surface area (Å²) in [6.45, 7) is 0. The fraction of sp³-hybridized carbons (Fsp3) is 0.188. The van der Waals surface area contributed by atoms with Crippen molar-refractivity contribution in [1.29, 1.82) is 0 Å². The molecule has 5 nitrogen and oxygen atoms in total. The number of benzene rings is 2. The topological polar surface area (TPSA) is 72.5 Å². The minimum Gasteiger partial charge on any atom is -0.469 e. The third-order valence-corrected chi connectivity index (χ3v) is 4.77. The van der Waals surface area contributed by atoms with Crippen molar-refractivity contribution in [3.8, 4) is 0 Å². The van der Waals surface area contributed by atoms with E-state index >= 15 is 0 Å². The number of ether oxygens (including phenoxy) is 1. The van der Waals surface area contributed by atoms with Gasteiger partial charge in [0.25, 0.3) is 0 Å². The summed E-state index contributed by atoms with van der Waals surface area (Å²) in [7, 11) is -3.22. The lowest BCUT2D eigenvalue weighted by atomic mass is 10.1. The summed E-state index contributed by atoms with van der Waals surface area (Å²) in [5, 5.41) is 0. The largest absolute Gasteiger partial charge is 0.469 e. The molecule has 0 aromatic heterocycles. The molecule has 128 valence electrons. The molecule has 0 radical (unpaired) electrons. The van der Waals surface area contributed by atoms with Crippen LogP contribution in [0.4, 0.5) is 8.78 Å². The van der Waals surface area contributed by atoms with Gasteiger partial charge in [-0.1, -0.05) is 30.3 Å². The van der Waals surface area contributed by atoms with Crippen LogP contribution >= 0.6 is 0 Å². The van der Waals surface area contributed by atoms with Crippen LogP contribution in [-0.4, -0.2) is 21.5 Å². The van der Waals surface area contributed by atoms with Crippen LogP contribution in [0, 0.1) is 11.6 Å². The molecule has 0 bridgehead atoms. The van der Waals surface area contributed by atoms with Gasteiger partial charge in [-0.15, -0.1) is 0 Å². The summed E-state index contributed by atoms with van der Waals surface area (Å²) in [4.78, 5) is 10.7. The molecule has 0 aliphatic heterocycles. The van der Waals surface area contributed by atoms with E-state index in [9.17, 15) is 22.0 Å². The zero-order chi connectivity index (χ0) is 17.7. The van der Waals surface area contributed by atoms with Gasteiger partial charge in [-0.2, -0.15) is 0 Å². The Morgan fingerprint density at radius 3 is 2.46 bits per heavy atom. The number of sulfonamides is 1. The predicted octanol–water partition coefficient (Wildman–Crippen LogP) is 2.55. The number of carbonyl (C=O) groups excluding carboxylic acids is 1. The lowest BCUT2D eigenvalue weighted by molar-refractivity contribution is -0.141. The van der Waals surface area contributed by atoms with E-state index < -0.39 is 38.6 Å². The molecule has 0 saturated carbocycles. The van der Waals surface area contributed by atoms with E-state index in [2.05, 4.69) is 9.46 Å². The number of esters is 1. The fourth-order valence-electron chi connectivity index (χ4n) is 2.10. The van der Waals surface area contributed by atoms with Gasteiger partial charge in [-0.05, 0) is 23.8 Å². The van der Waals surface area contributed by atoms with Crippen molar-refractivity contribution in [2.45, 2.75) is 17.4 Å². The molecule has 2 rings (SSSR count). The SMILES string of the molecule is COC(=O)CC(NS(=O)(=O)c1cc(F)ccc1F)c1ccccc1. The zero-order valence-corrected chi connectivity index (χ0v) is 13.5. The van der Waals surface area contributed by atoms with Gasteiger partial charge in [0.2, 0.25) is 10.0 Å². The first-order valence-corrected chi connectivity index (χ1v) is 8.41. The second kappa shape index (κ2) is 7.50. The molecular weight excluding hydrogens is 340 g/mol. The number of rotatable bonds is 6. The van der Waals surface area contributed by atoms with Crippen LogP contribution in [0.5, 0.6) is 0 Å². The predicted molar refractivity (Wildman–Crippen MR) is 82.5 cm³/mol. The van der Waals surface area contributed by atoms with E-state index in [1.54, 1.807) is 30.3 Å². The van der Waals surface area contributed by atoms with E-state index in [1.807, 2.05) is 0 Å². The molecule has 0 aliphatic carbocycles. The Bertz CT molecular complexity index is 825. The normalized spacial score (nSPS) is 12.6.